The number of carbonyl (C=O) groups is 1. The first kappa shape index (κ1) is 21.6. The van der Waals surface area contributed by atoms with Gasteiger partial charge in [0.15, 0.2) is 0 Å². The Morgan fingerprint density at radius 2 is 1.97 bits per heavy atom. The third-order valence-corrected chi connectivity index (χ3v) is 5.99. The largest absolute Gasteiger partial charge is 0.416 e. The number of aliphatic hydroxyl groups is 1. The van der Waals surface area contributed by atoms with Crippen molar-refractivity contribution in [1.29, 1.82) is 0 Å². The molecule has 2 aliphatic rings. The molecule has 1 aromatic carbocycles. The third-order valence-electron chi connectivity index (χ3n) is 5.99. The van der Waals surface area contributed by atoms with Crippen molar-refractivity contribution >= 4 is 11.6 Å². The normalized spacial score (nSPS) is 21.8. The van der Waals surface area contributed by atoms with Gasteiger partial charge in [0.2, 0.25) is 6.10 Å². The molecule has 0 spiro atoms. The molecule has 3 rings (SSSR count). The van der Waals surface area contributed by atoms with Gasteiger partial charge in [0.25, 0.3) is 5.91 Å². The number of oxime groups is 1. The van der Waals surface area contributed by atoms with Crippen LogP contribution in [0.25, 0.3) is 0 Å². The summed E-state index contributed by atoms with van der Waals surface area (Å²) in [6, 6.07) is 5.49. The molecule has 0 aliphatic carbocycles. The number of alkyl halides is 3. The molecular weight excluding hydrogens is 385 g/mol. The fourth-order valence-electron chi connectivity index (χ4n) is 4.02. The number of piperidine rings is 1. The number of hydrogen-bond acceptors (Lipinski definition) is 4. The number of carbonyl (C=O) groups excluding carboxylic acids is 1. The van der Waals surface area contributed by atoms with Crippen molar-refractivity contribution in [2.45, 2.75) is 51.8 Å². The summed E-state index contributed by atoms with van der Waals surface area (Å²) in [7, 11) is 0. The summed E-state index contributed by atoms with van der Waals surface area (Å²) >= 11 is 0. The van der Waals surface area contributed by atoms with Crippen LogP contribution in [0.4, 0.5) is 13.2 Å². The lowest BCUT2D eigenvalue weighted by Gasteiger charge is -2.41. The zero-order valence-corrected chi connectivity index (χ0v) is 16.7. The number of hydrogen-bond donors (Lipinski definition) is 1. The number of halogens is 3. The van der Waals surface area contributed by atoms with Gasteiger partial charge in [-0.25, -0.2) is 0 Å². The molecule has 2 heterocycles. The van der Waals surface area contributed by atoms with Crippen LogP contribution in [-0.4, -0.2) is 47.4 Å². The van der Waals surface area contributed by atoms with Crippen molar-refractivity contribution in [3.63, 3.8) is 0 Å². The summed E-state index contributed by atoms with van der Waals surface area (Å²) in [5, 5.41) is 14.0. The molecule has 1 aromatic rings. The molecule has 1 fully saturated rings. The van der Waals surface area contributed by atoms with Crippen LogP contribution in [0.3, 0.4) is 0 Å². The number of nitrogens with zero attached hydrogens (tertiary/aromatic N) is 2. The van der Waals surface area contributed by atoms with E-state index in [1.165, 1.54) is 12.1 Å². The van der Waals surface area contributed by atoms with Crippen molar-refractivity contribution in [2.75, 3.05) is 19.7 Å². The summed E-state index contributed by atoms with van der Waals surface area (Å²) in [6.45, 7) is 4.52. The number of rotatable bonds is 5. The second kappa shape index (κ2) is 8.34. The maximum Gasteiger partial charge on any atom is 0.416 e. The van der Waals surface area contributed by atoms with Crippen LogP contribution < -0.4 is 0 Å². The van der Waals surface area contributed by atoms with E-state index in [1.54, 1.807) is 11.0 Å². The second-order valence-corrected chi connectivity index (χ2v) is 8.35. The number of benzene rings is 1. The average molecular weight is 412 g/mol. The molecule has 1 amide bonds. The summed E-state index contributed by atoms with van der Waals surface area (Å²) in [5.74, 6) is 0.0662. The Labute approximate surface area is 168 Å². The zero-order chi connectivity index (χ0) is 21.2. The Morgan fingerprint density at radius 1 is 1.31 bits per heavy atom. The van der Waals surface area contributed by atoms with E-state index in [9.17, 15) is 23.1 Å². The minimum absolute atomic E-state index is 0.127. The molecule has 8 heteroatoms. The van der Waals surface area contributed by atoms with E-state index in [-0.39, 0.29) is 30.4 Å². The first-order valence-electron chi connectivity index (χ1n) is 9.92. The predicted octanol–water partition coefficient (Wildman–Crippen LogP) is 3.65. The van der Waals surface area contributed by atoms with E-state index in [0.717, 1.165) is 11.8 Å². The molecule has 1 N–H and O–H groups in total. The highest BCUT2D eigenvalue weighted by Gasteiger charge is 2.41. The molecule has 1 saturated heterocycles. The molecule has 0 bridgehead atoms. The quantitative estimate of drug-likeness (QED) is 0.803. The van der Waals surface area contributed by atoms with Crippen LogP contribution >= 0.6 is 0 Å². The maximum atomic E-state index is 13.3. The van der Waals surface area contributed by atoms with Crippen molar-refractivity contribution in [2.24, 2.45) is 16.5 Å². The van der Waals surface area contributed by atoms with Gasteiger partial charge in [-0.3, -0.25) is 4.79 Å². The van der Waals surface area contributed by atoms with Crippen LogP contribution in [-0.2, 0) is 22.2 Å². The Hall–Kier alpha value is -2.09. The van der Waals surface area contributed by atoms with Gasteiger partial charge in [-0.05, 0) is 36.8 Å². The lowest BCUT2D eigenvalue weighted by Crippen LogP contribution is -2.48. The minimum Gasteiger partial charge on any atom is -0.396 e. The van der Waals surface area contributed by atoms with Crippen molar-refractivity contribution in [3.8, 4) is 0 Å². The number of aliphatic hydroxyl groups excluding tert-OH is 1. The summed E-state index contributed by atoms with van der Waals surface area (Å²) in [4.78, 5) is 19.7. The molecule has 29 heavy (non-hydrogen) atoms. The molecule has 0 radical (unpaired) electrons. The SMILES string of the molecule is CC(C)C1=NOC(C(=O)N2CCC(CO)(Cc3ccccc3C(F)(F)F)CC2)C1. The fraction of sp³-hybridized carbons (Fsp3) is 0.619. The number of amides is 1. The van der Waals surface area contributed by atoms with Crippen LogP contribution in [0, 0.1) is 11.3 Å². The highest BCUT2D eigenvalue weighted by atomic mass is 19.4. The molecule has 1 unspecified atom stereocenters. The highest BCUT2D eigenvalue weighted by molar-refractivity contribution is 5.93. The smallest absolute Gasteiger partial charge is 0.396 e. The van der Waals surface area contributed by atoms with E-state index < -0.39 is 23.3 Å². The monoisotopic (exact) mass is 412 g/mol. The van der Waals surface area contributed by atoms with Gasteiger partial charge in [-0.15, -0.1) is 0 Å². The standard InChI is InChI=1S/C21H27F3N2O3/c1-14(2)17-11-18(29-25-17)19(28)26-9-7-20(13-27,8-10-26)12-15-5-3-4-6-16(15)21(22,23)24/h3-6,14,18,27H,7-13H2,1-2H3. The minimum atomic E-state index is -4.43. The molecular formula is C21H27F3N2O3. The zero-order valence-electron chi connectivity index (χ0n) is 16.7. The summed E-state index contributed by atoms with van der Waals surface area (Å²) < 4.78 is 40.0. The van der Waals surface area contributed by atoms with Crippen molar-refractivity contribution < 1.29 is 27.9 Å². The molecule has 0 aromatic heterocycles. The van der Waals surface area contributed by atoms with Gasteiger partial charge in [-0.1, -0.05) is 37.2 Å². The molecule has 2 aliphatic heterocycles. The van der Waals surface area contributed by atoms with E-state index in [1.807, 2.05) is 13.8 Å². The molecule has 0 saturated carbocycles. The second-order valence-electron chi connectivity index (χ2n) is 8.35. The van der Waals surface area contributed by atoms with Crippen LogP contribution in [0.15, 0.2) is 29.4 Å². The van der Waals surface area contributed by atoms with Crippen molar-refractivity contribution in [1.82, 2.24) is 4.90 Å². The maximum absolute atomic E-state index is 13.3. The summed E-state index contributed by atoms with van der Waals surface area (Å²) in [5.41, 5.74) is -0.297. The topological polar surface area (TPSA) is 62.1 Å². The average Bonchev–Trinajstić information content (AvgIpc) is 3.18. The fourth-order valence-corrected chi connectivity index (χ4v) is 4.02. The predicted molar refractivity (Wildman–Crippen MR) is 102 cm³/mol. The lowest BCUT2D eigenvalue weighted by atomic mass is 9.73. The Kier molecular flexibility index (Phi) is 6.22. The Bertz CT molecular complexity index is 769. The highest BCUT2D eigenvalue weighted by Crippen LogP contribution is 2.39. The lowest BCUT2D eigenvalue weighted by molar-refractivity contribution is -0.145. The van der Waals surface area contributed by atoms with E-state index in [4.69, 9.17) is 4.84 Å². The number of likely N-dealkylation sites (tertiary alicyclic amines) is 1. The van der Waals surface area contributed by atoms with Crippen molar-refractivity contribution in [3.05, 3.63) is 35.4 Å². The van der Waals surface area contributed by atoms with E-state index in [2.05, 4.69) is 5.16 Å². The first-order valence-corrected chi connectivity index (χ1v) is 9.92. The van der Waals surface area contributed by atoms with E-state index in [0.29, 0.717) is 32.4 Å². The van der Waals surface area contributed by atoms with Gasteiger partial charge in [-0.2, -0.15) is 13.2 Å². The Balaban J connectivity index is 1.65. The van der Waals surface area contributed by atoms with Gasteiger partial charge in [0.1, 0.15) is 0 Å². The van der Waals surface area contributed by atoms with Gasteiger partial charge < -0.3 is 14.8 Å². The Morgan fingerprint density at radius 3 is 2.52 bits per heavy atom. The molecule has 160 valence electrons. The van der Waals surface area contributed by atoms with Gasteiger partial charge in [0, 0.05) is 31.5 Å². The summed E-state index contributed by atoms with van der Waals surface area (Å²) in [6.07, 6.45) is -3.59. The molecule has 5 nitrogen and oxygen atoms in total. The van der Waals surface area contributed by atoms with Crippen LogP contribution in [0.2, 0.25) is 0 Å². The first-order chi connectivity index (χ1) is 13.6. The van der Waals surface area contributed by atoms with E-state index >= 15 is 0 Å². The van der Waals surface area contributed by atoms with Gasteiger partial charge in [0.05, 0.1) is 11.3 Å². The van der Waals surface area contributed by atoms with Crippen LogP contribution in [0.5, 0.6) is 0 Å². The van der Waals surface area contributed by atoms with Crippen LogP contribution in [0.1, 0.15) is 44.2 Å². The van der Waals surface area contributed by atoms with Gasteiger partial charge >= 0.3 is 6.18 Å². The molecule has 1 atom stereocenters. The third kappa shape index (κ3) is 4.74.